The molecule has 0 saturated heterocycles. The summed E-state index contributed by atoms with van der Waals surface area (Å²) in [5, 5.41) is 1.67. The summed E-state index contributed by atoms with van der Waals surface area (Å²) >= 11 is 11.1. The average molecular weight is 293 g/mol. The van der Waals surface area contributed by atoms with E-state index in [2.05, 4.69) is 20.9 Å². The molecule has 0 unspecified atom stereocenters. The van der Waals surface area contributed by atoms with E-state index in [1.165, 1.54) is 0 Å². The maximum atomic E-state index is 6.12. The highest BCUT2D eigenvalue weighted by molar-refractivity contribution is 9.10. The zero-order valence-corrected chi connectivity index (χ0v) is 10.5. The van der Waals surface area contributed by atoms with Crippen LogP contribution >= 0.6 is 38.9 Å². The van der Waals surface area contributed by atoms with Gasteiger partial charge < -0.3 is 4.74 Å². The molecule has 0 saturated carbocycles. The van der Waals surface area contributed by atoms with Gasteiger partial charge in [0.2, 0.25) is 0 Å². The molecule has 2 rings (SSSR count). The Kier molecular flexibility index (Phi) is 3.07. The molecule has 0 aliphatic carbocycles. The third-order valence-corrected chi connectivity index (χ3v) is 4.22. The van der Waals surface area contributed by atoms with E-state index in [1.54, 1.807) is 18.4 Å². The smallest absolute Gasteiger partial charge is 0.120 e. The number of hydrogen-bond donors (Lipinski definition) is 0. The van der Waals surface area contributed by atoms with Gasteiger partial charge >= 0.3 is 0 Å². The Morgan fingerprint density at radius 2 is 2.36 bits per heavy atom. The van der Waals surface area contributed by atoms with Crippen LogP contribution in [0.1, 0.15) is 5.01 Å². The minimum atomic E-state index is 0.535. The number of ether oxygens (including phenoxy) is 1. The summed E-state index contributed by atoms with van der Waals surface area (Å²) in [6.07, 6.45) is 0. The van der Waals surface area contributed by atoms with E-state index < -0.39 is 0 Å². The Bertz CT molecular complexity index is 471. The maximum absolute atomic E-state index is 6.12. The molecule has 0 spiro atoms. The fourth-order valence-electron chi connectivity index (χ4n) is 1.17. The second kappa shape index (κ2) is 4.14. The van der Waals surface area contributed by atoms with E-state index in [4.69, 9.17) is 16.3 Å². The Labute approximate surface area is 99.0 Å². The third kappa shape index (κ3) is 1.80. The average Bonchev–Trinajstić information content (AvgIpc) is 2.56. The summed E-state index contributed by atoms with van der Waals surface area (Å²) in [7, 11) is 1.66. The zero-order valence-electron chi connectivity index (χ0n) is 7.38. The molecule has 0 amide bonds. The van der Waals surface area contributed by atoms with Crippen molar-refractivity contribution in [3.8, 4) is 0 Å². The van der Waals surface area contributed by atoms with Gasteiger partial charge in [-0.3, -0.25) is 0 Å². The molecule has 0 fully saturated rings. The van der Waals surface area contributed by atoms with Crippen LogP contribution in [0, 0.1) is 0 Å². The molecular weight excluding hydrogens is 286 g/mol. The largest absolute Gasteiger partial charge is 0.378 e. The fourth-order valence-corrected chi connectivity index (χ4v) is 2.88. The van der Waals surface area contributed by atoms with E-state index in [1.807, 2.05) is 12.1 Å². The SMILES string of the molecule is COCc1nc2ccc(Br)c(Cl)c2s1. The van der Waals surface area contributed by atoms with Crippen LogP contribution < -0.4 is 0 Å². The van der Waals surface area contributed by atoms with Gasteiger partial charge in [-0.1, -0.05) is 11.6 Å². The van der Waals surface area contributed by atoms with E-state index in [0.717, 1.165) is 24.7 Å². The van der Waals surface area contributed by atoms with Crippen molar-refractivity contribution in [2.75, 3.05) is 7.11 Å². The molecule has 0 N–H and O–H groups in total. The lowest BCUT2D eigenvalue weighted by Gasteiger charge is -1.94. The van der Waals surface area contributed by atoms with Gasteiger partial charge in [0, 0.05) is 11.6 Å². The first-order chi connectivity index (χ1) is 6.72. The van der Waals surface area contributed by atoms with E-state index in [9.17, 15) is 0 Å². The monoisotopic (exact) mass is 291 g/mol. The van der Waals surface area contributed by atoms with Crippen LogP contribution in [-0.2, 0) is 11.3 Å². The Morgan fingerprint density at radius 1 is 1.57 bits per heavy atom. The highest BCUT2D eigenvalue weighted by atomic mass is 79.9. The normalized spacial score (nSPS) is 11.1. The van der Waals surface area contributed by atoms with Crippen molar-refractivity contribution in [2.24, 2.45) is 0 Å². The number of hydrogen-bond acceptors (Lipinski definition) is 3. The molecule has 0 aliphatic rings. The van der Waals surface area contributed by atoms with Gasteiger partial charge in [-0.15, -0.1) is 11.3 Å². The van der Waals surface area contributed by atoms with Gasteiger partial charge in [-0.25, -0.2) is 4.98 Å². The van der Waals surface area contributed by atoms with E-state index in [-0.39, 0.29) is 0 Å². The number of nitrogens with zero attached hydrogens (tertiary/aromatic N) is 1. The predicted molar refractivity (Wildman–Crippen MR) is 63.0 cm³/mol. The van der Waals surface area contributed by atoms with Gasteiger partial charge in [0.1, 0.15) is 5.01 Å². The lowest BCUT2D eigenvalue weighted by molar-refractivity contribution is 0.185. The second-order valence-corrected chi connectivity index (χ2v) is 5.07. The summed E-state index contributed by atoms with van der Waals surface area (Å²) in [6.45, 7) is 0.535. The first-order valence-corrected chi connectivity index (χ1v) is 5.93. The van der Waals surface area contributed by atoms with Gasteiger partial charge in [-0.05, 0) is 28.1 Å². The topological polar surface area (TPSA) is 22.1 Å². The van der Waals surface area contributed by atoms with Crippen LogP contribution in [0.15, 0.2) is 16.6 Å². The van der Waals surface area contributed by atoms with Crippen molar-refractivity contribution in [1.29, 1.82) is 0 Å². The number of benzene rings is 1. The molecule has 1 aromatic carbocycles. The molecule has 2 aromatic rings. The van der Waals surface area contributed by atoms with Crippen molar-refractivity contribution < 1.29 is 4.74 Å². The maximum Gasteiger partial charge on any atom is 0.120 e. The van der Waals surface area contributed by atoms with Crippen LogP contribution in [0.3, 0.4) is 0 Å². The van der Waals surface area contributed by atoms with Crippen molar-refractivity contribution in [1.82, 2.24) is 4.98 Å². The van der Waals surface area contributed by atoms with Crippen LogP contribution in [0.25, 0.3) is 10.2 Å². The van der Waals surface area contributed by atoms with Gasteiger partial charge in [0.25, 0.3) is 0 Å². The predicted octanol–water partition coefficient (Wildman–Crippen LogP) is 3.86. The van der Waals surface area contributed by atoms with Crippen molar-refractivity contribution in [3.63, 3.8) is 0 Å². The molecule has 5 heteroatoms. The minimum Gasteiger partial charge on any atom is -0.378 e. The summed E-state index contributed by atoms with van der Waals surface area (Å²) in [6, 6.07) is 3.85. The summed E-state index contributed by atoms with van der Waals surface area (Å²) < 4.78 is 6.93. The van der Waals surface area contributed by atoms with Crippen LogP contribution in [0.2, 0.25) is 5.02 Å². The Balaban J connectivity index is 2.59. The molecular formula is C9H7BrClNOS. The summed E-state index contributed by atoms with van der Waals surface area (Å²) in [4.78, 5) is 4.39. The van der Waals surface area contributed by atoms with Crippen LogP contribution in [0.5, 0.6) is 0 Å². The third-order valence-electron chi connectivity index (χ3n) is 1.76. The summed E-state index contributed by atoms with van der Waals surface area (Å²) in [5.74, 6) is 0. The first kappa shape index (κ1) is 10.4. The number of rotatable bonds is 2. The van der Waals surface area contributed by atoms with Gasteiger partial charge in [-0.2, -0.15) is 0 Å². The van der Waals surface area contributed by atoms with E-state index >= 15 is 0 Å². The van der Waals surface area contributed by atoms with E-state index in [0.29, 0.717) is 6.61 Å². The highest BCUT2D eigenvalue weighted by Crippen LogP contribution is 2.34. The molecule has 14 heavy (non-hydrogen) atoms. The molecule has 74 valence electrons. The Morgan fingerprint density at radius 3 is 3.07 bits per heavy atom. The number of thiazole rings is 1. The van der Waals surface area contributed by atoms with Crippen LogP contribution in [-0.4, -0.2) is 12.1 Å². The lowest BCUT2D eigenvalue weighted by atomic mass is 10.3. The number of fused-ring (bicyclic) bond motifs is 1. The minimum absolute atomic E-state index is 0.535. The number of aromatic nitrogens is 1. The molecule has 2 nitrogen and oxygen atoms in total. The lowest BCUT2D eigenvalue weighted by Crippen LogP contribution is -1.83. The van der Waals surface area contributed by atoms with Gasteiger partial charge in [0.05, 0.1) is 21.8 Å². The molecule has 1 aromatic heterocycles. The van der Waals surface area contributed by atoms with Gasteiger partial charge in [0.15, 0.2) is 0 Å². The molecule has 0 radical (unpaired) electrons. The number of methoxy groups -OCH3 is 1. The standard InChI is InChI=1S/C9H7BrClNOS/c1-13-4-7-12-6-3-2-5(10)8(11)9(6)14-7/h2-3H,4H2,1H3. The summed E-state index contributed by atoms with van der Waals surface area (Å²) in [5.41, 5.74) is 0.926. The molecule has 0 atom stereocenters. The first-order valence-electron chi connectivity index (χ1n) is 3.94. The molecule has 0 aliphatic heterocycles. The zero-order chi connectivity index (χ0) is 10.1. The second-order valence-electron chi connectivity index (χ2n) is 2.75. The molecule has 0 bridgehead atoms. The Hall–Kier alpha value is -0.160. The van der Waals surface area contributed by atoms with Crippen LogP contribution in [0.4, 0.5) is 0 Å². The van der Waals surface area contributed by atoms with Crippen molar-refractivity contribution in [2.45, 2.75) is 6.61 Å². The van der Waals surface area contributed by atoms with Crippen molar-refractivity contribution >= 4 is 49.1 Å². The number of halogens is 2. The molecule has 1 heterocycles. The highest BCUT2D eigenvalue weighted by Gasteiger charge is 2.09. The van der Waals surface area contributed by atoms with Crippen molar-refractivity contribution in [3.05, 3.63) is 26.6 Å². The quantitative estimate of drug-likeness (QED) is 0.838. The fraction of sp³-hybridized carbons (Fsp3) is 0.222.